The molecule has 1 aliphatic heterocycles. The SMILES string of the molecule is CC.Cc1nc2ccc(C3CCN(C)CC3)cc2s1. The summed E-state index contributed by atoms with van der Waals surface area (Å²) in [5, 5.41) is 1.17. The van der Waals surface area contributed by atoms with Crippen molar-refractivity contribution in [2.75, 3.05) is 20.1 Å². The van der Waals surface area contributed by atoms with E-state index in [4.69, 9.17) is 0 Å². The van der Waals surface area contributed by atoms with Crippen LogP contribution in [0.15, 0.2) is 18.2 Å². The van der Waals surface area contributed by atoms with E-state index in [1.807, 2.05) is 25.2 Å². The molecule has 0 radical (unpaired) electrons. The van der Waals surface area contributed by atoms with E-state index in [9.17, 15) is 0 Å². The van der Waals surface area contributed by atoms with E-state index in [0.29, 0.717) is 0 Å². The van der Waals surface area contributed by atoms with E-state index >= 15 is 0 Å². The number of likely N-dealkylation sites (tertiary alicyclic amines) is 1. The van der Waals surface area contributed by atoms with Gasteiger partial charge < -0.3 is 4.90 Å². The van der Waals surface area contributed by atoms with E-state index < -0.39 is 0 Å². The standard InChI is InChI=1S/C14H18N2S.C2H6/c1-10-15-13-4-3-12(9-14(13)17-10)11-5-7-16(2)8-6-11;1-2/h3-4,9,11H,5-8H2,1-2H3;1-2H3. The van der Waals surface area contributed by atoms with Gasteiger partial charge in [-0.05, 0) is 63.5 Å². The largest absolute Gasteiger partial charge is 0.306 e. The quantitative estimate of drug-likeness (QED) is 0.765. The van der Waals surface area contributed by atoms with Crippen LogP contribution in [0.5, 0.6) is 0 Å². The lowest BCUT2D eigenvalue weighted by Gasteiger charge is -2.29. The Morgan fingerprint density at radius 1 is 1.21 bits per heavy atom. The predicted molar refractivity (Wildman–Crippen MR) is 85.2 cm³/mol. The summed E-state index contributed by atoms with van der Waals surface area (Å²) >= 11 is 1.81. The summed E-state index contributed by atoms with van der Waals surface area (Å²) in [6.07, 6.45) is 2.58. The van der Waals surface area contributed by atoms with Crippen LogP contribution < -0.4 is 0 Å². The lowest BCUT2D eigenvalue weighted by atomic mass is 9.90. The molecule has 2 heterocycles. The molecule has 104 valence electrons. The zero-order chi connectivity index (χ0) is 13.8. The van der Waals surface area contributed by atoms with Crippen molar-refractivity contribution < 1.29 is 0 Å². The van der Waals surface area contributed by atoms with Gasteiger partial charge in [-0.3, -0.25) is 0 Å². The summed E-state index contributed by atoms with van der Waals surface area (Å²) < 4.78 is 1.35. The second-order valence-corrected chi connectivity index (χ2v) is 6.27. The van der Waals surface area contributed by atoms with Crippen molar-refractivity contribution in [3.63, 3.8) is 0 Å². The summed E-state index contributed by atoms with van der Waals surface area (Å²) in [5.41, 5.74) is 2.67. The van der Waals surface area contributed by atoms with Crippen molar-refractivity contribution in [3.8, 4) is 0 Å². The van der Waals surface area contributed by atoms with Crippen LogP contribution in [0, 0.1) is 6.92 Å². The van der Waals surface area contributed by atoms with Gasteiger partial charge in [0.05, 0.1) is 15.2 Å². The van der Waals surface area contributed by atoms with E-state index in [1.54, 1.807) is 0 Å². The Balaban J connectivity index is 0.000000637. The lowest BCUT2D eigenvalue weighted by molar-refractivity contribution is 0.255. The Morgan fingerprint density at radius 3 is 2.58 bits per heavy atom. The van der Waals surface area contributed by atoms with Gasteiger partial charge in [0, 0.05) is 0 Å². The number of rotatable bonds is 1. The highest BCUT2D eigenvalue weighted by molar-refractivity contribution is 7.18. The van der Waals surface area contributed by atoms with E-state index in [2.05, 4.69) is 42.1 Å². The van der Waals surface area contributed by atoms with Gasteiger partial charge in [-0.2, -0.15) is 0 Å². The van der Waals surface area contributed by atoms with Gasteiger partial charge in [-0.1, -0.05) is 19.9 Å². The number of hydrogen-bond donors (Lipinski definition) is 0. The zero-order valence-electron chi connectivity index (χ0n) is 12.4. The molecule has 3 heteroatoms. The first-order valence-corrected chi connectivity index (χ1v) is 8.09. The molecule has 0 unspecified atom stereocenters. The average molecular weight is 276 g/mol. The maximum atomic E-state index is 4.52. The Morgan fingerprint density at radius 2 is 1.89 bits per heavy atom. The van der Waals surface area contributed by atoms with E-state index in [1.165, 1.54) is 41.2 Å². The van der Waals surface area contributed by atoms with Gasteiger partial charge >= 0.3 is 0 Å². The zero-order valence-corrected chi connectivity index (χ0v) is 13.3. The maximum absolute atomic E-state index is 4.52. The molecule has 0 atom stereocenters. The summed E-state index contributed by atoms with van der Waals surface area (Å²) in [4.78, 5) is 6.94. The van der Waals surface area contributed by atoms with E-state index in [-0.39, 0.29) is 0 Å². The number of fused-ring (bicyclic) bond motifs is 1. The molecule has 1 saturated heterocycles. The van der Waals surface area contributed by atoms with Crippen LogP contribution in [-0.4, -0.2) is 30.0 Å². The summed E-state index contributed by atoms with van der Waals surface area (Å²) in [7, 11) is 2.21. The van der Waals surface area contributed by atoms with Crippen molar-refractivity contribution >= 4 is 21.6 Å². The monoisotopic (exact) mass is 276 g/mol. The molecule has 1 aliphatic rings. The minimum atomic E-state index is 0.748. The summed E-state index contributed by atoms with van der Waals surface area (Å²) in [5.74, 6) is 0.748. The lowest BCUT2D eigenvalue weighted by Crippen LogP contribution is -2.29. The summed E-state index contributed by atoms with van der Waals surface area (Å²) in [6.45, 7) is 8.54. The third-order valence-electron chi connectivity index (χ3n) is 3.71. The fourth-order valence-corrected chi connectivity index (χ4v) is 3.53. The first-order valence-electron chi connectivity index (χ1n) is 7.28. The molecule has 2 nitrogen and oxygen atoms in total. The smallest absolute Gasteiger partial charge is 0.0907 e. The van der Waals surface area contributed by atoms with Gasteiger partial charge in [0.2, 0.25) is 0 Å². The van der Waals surface area contributed by atoms with Gasteiger partial charge in [-0.25, -0.2) is 4.98 Å². The van der Waals surface area contributed by atoms with Crippen LogP contribution in [0.25, 0.3) is 10.2 Å². The van der Waals surface area contributed by atoms with Crippen LogP contribution in [0.1, 0.15) is 43.2 Å². The minimum absolute atomic E-state index is 0.748. The van der Waals surface area contributed by atoms with Crippen molar-refractivity contribution in [1.82, 2.24) is 9.88 Å². The second kappa shape index (κ2) is 6.49. The third-order valence-corrected chi connectivity index (χ3v) is 4.64. The fraction of sp³-hybridized carbons (Fsp3) is 0.562. The van der Waals surface area contributed by atoms with Gasteiger partial charge in [0.25, 0.3) is 0 Å². The number of benzene rings is 1. The van der Waals surface area contributed by atoms with Crippen molar-refractivity contribution in [2.24, 2.45) is 0 Å². The molecule has 3 rings (SSSR count). The second-order valence-electron chi connectivity index (χ2n) is 5.04. The normalized spacial score (nSPS) is 17.3. The molecular weight excluding hydrogens is 252 g/mol. The number of piperidine rings is 1. The topological polar surface area (TPSA) is 16.1 Å². The Kier molecular flexibility index (Phi) is 4.94. The number of aromatic nitrogens is 1. The predicted octanol–water partition coefficient (Wildman–Crippen LogP) is 4.44. The first-order chi connectivity index (χ1) is 9.22. The number of aryl methyl sites for hydroxylation is 1. The molecule has 0 spiro atoms. The molecule has 1 fully saturated rings. The molecule has 0 saturated carbocycles. The number of hydrogen-bond acceptors (Lipinski definition) is 3. The fourth-order valence-electron chi connectivity index (χ4n) is 2.65. The summed E-state index contributed by atoms with van der Waals surface area (Å²) in [6, 6.07) is 6.82. The van der Waals surface area contributed by atoms with Crippen molar-refractivity contribution in [1.29, 1.82) is 0 Å². The molecule has 0 aliphatic carbocycles. The van der Waals surface area contributed by atoms with Crippen LogP contribution >= 0.6 is 11.3 Å². The maximum Gasteiger partial charge on any atom is 0.0907 e. The number of thiazole rings is 1. The highest BCUT2D eigenvalue weighted by Crippen LogP contribution is 2.31. The van der Waals surface area contributed by atoms with Gasteiger partial charge in [0.1, 0.15) is 0 Å². The van der Waals surface area contributed by atoms with Crippen molar-refractivity contribution in [3.05, 3.63) is 28.8 Å². The first kappa shape index (κ1) is 14.5. The Hall–Kier alpha value is -0.930. The molecule has 19 heavy (non-hydrogen) atoms. The van der Waals surface area contributed by atoms with Crippen LogP contribution in [-0.2, 0) is 0 Å². The molecule has 1 aromatic carbocycles. The molecule has 0 amide bonds. The van der Waals surface area contributed by atoms with Crippen LogP contribution in [0.4, 0.5) is 0 Å². The minimum Gasteiger partial charge on any atom is -0.306 e. The highest BCUT2D eigenvalue weighted by atomic mass is 32.1. The van der Waals surface area contributed by atoms with Crippen molar-refractivity contribution in [2.45, 2.75) is 39.5 Å². The van der Waals surface area contributed by atoms with E-state index in [0.717, 1.165) is 11.4 Å². The third kappa shape index (κ3) is 3.34. The Labute approximate surface area is 120 Å². The van der Waals surface area contributed by atoms with Crippen LogP contribution in [0.2, 0.25) is 0 Å². The van der Waals surface area contributed by atoms with Gasteiger partial charge in [0.15, 0.2) is 0 Å². The molecular formula is C16H24N2S. The number of nitrogens with zero attached hydrogens (tertiary/aromatic N) is 2. The Bertz CT molecular complexity index is 525. The van der Waals surface area contributed by atoms with Gasteiger partial charge in [-0.15, -0.1) is 11.3 Å². The molecule has 0 bridgehead atoms. The highest BCUT2D eigenvalue weighted by Gasteiger charge is 2.18. The molecule has 2 aromatic rings. The average Bonchev–Trinajstić information content (AvgIpc) is 2.81. The van der Waals surface area contributed by atoms with Crippen LogP contribution in [0.3, 0.4) is 0 Å². The molecule has 1 aromatic heterocycles. The molecule has 0 N–H and O–H groups in total.